The van der Waals surface area contributed by atoms with Gasteiger partial charge in [-0.1, -0.05) is 19.9 Å². The Morgan fingerprint density at radius 2 is 1.65 bits per heavy atom. The van der Waals surface area contributed by atoms with Gasteiger partial charge in [0.2, 0.25) is 11.5 Å². The molecule has 0 radical (unpaired) electrons. The molecule has 0 aliphatic carbocycles. The van der Waals surface area contributed by atoms with Gasteiger partial charge in [-0.15, -0.1) is 22.7 Å². The predicted molar refractivity (Wildman–Crippen MR) is 106 cm³/mol. The number of ketones is 1. The van der Waals surface area contributed by atoms with Crippen LogP contribution in [-0.2, 0) is 0 Å². The number of ether oxygens (including phenoxy) is 3. The van der Waals surface area contributed by atoms with Crippen LogP contribution in [0.5, 0.6) is 17.2 Å². The van der Waals surface area contributed by atoms with Crippen LogP contribution in [0.3, 0.4) is 0 Å². The first-order valence-corrected chi connectivity index (χ1v) is 9.78. The highest BCUT2D eigenvalue weighted by molar-refractivity contribution is 7.20. The van der Waals surface area contributed by atoms with Gasteiger partial charge >= 0.3 is 0 Å². The summed E-state index contributed by atoms with van der Waals surface area (Å²) in [6, 6.07) is 7.21. The molecule has 138 valence electrons. The van der Waals surface area contributed by atoms with Crippen molar-refractivity contribution < 1.29 is 19.0 Å². The summed E-state index contributed by atoms with van der Waals surface area (Å²) in [7, 11) is 4.56. The molecule has 3 rings (SSSR count). The van der Waals surface area contributed by atoms with Crippen molar-refractivity contribution in [3.8, 4) is 27.1 Å². The topological polar surface area (TPSA) is 57.7 Å². The number of rotatable bonds is 6. The number of thiazole rings is 1. The number of aromatic nitrogens is 1. The molecule has 26 heavy (non-hydrogen) atoms. The van der Waals surface area contributed by atoms with E-state index < -0.39 is 0 Å². The van der Waals surface area contributed by atoms with Crippen LogP contribution in [0, 0.1) is 0 Å². The lowest BCUT2D eigenvalue weighted by atomic mass is 10.1. The van der Waals surface area contributed by atoms with Crippen molar-refractivity contribution in [1.29, 1.82) is 0 Å². The molecule has 0 aliphatic heterocycles. The van der Waals surface area contributed by atoms with Gasteiger partial charge in [-0.05, 0) is 23.6 Å². The number of thiophene rings is 1. The first kappa shape index (κ1) is 19.9. The fourth-order valence-corrected chi connectivity index (χ4v) is 3.87. The summed E-state index contributed by atoms with van der Waals surface area (Å²) in [5, 5.41) is 4.58. The lowest BCUT2D eigenvalue weighted by Gasteiger charge is -2.13. The molecule has 5 nitrogen and oxygen atoms in total. The van der Waals surface area contributed by atoms with E-state index in [0.29, 0.717) is 28.5 Å². The maximum absolute atomic E-state index is 12.8. The molecule has 0 atom stereocenters. The molecular weight excluding hydrogens is 370 g/mol. The second-order valence-electron chi connectivity index (χ2n) is 4.76. The summed E-state index contributed by atoms with van der Waals surface area (Å²) < 4.78 is 15.9. The molecule has 0 saturated carbocycles. The van der Waals surface area contributed by atoms with Crippen molar-refractivity contribution in [3.05, 3.63) is 46.3 Å². The van der Waals surface area contributed by atoms with Gasteiger partial charge in [0.25, 0.3) is 0 Å². The van der Waals surface area contributed by atoms with Crippen molar-refractivity contribution >= 4 is 28.5 Å². The van der Waals surface area contributed by atoms with Crippen LogP contribution in [-0.4, -0.2) is 32.1 Å². The first-order valence-electron chi connectivity index (χ1n) is 8.02. The second-order valence-corrected chi connectivity index (χ2v) is 6.56. The van der Waals surface area contributed by atoms with E-state index >= 15 is 0 Å². The largest absolute Gasteiger partial charge is 0.493 e. The van der Waals surface area contributed by atoms with Crippen molar-refractivity contribution in [1.82, 2.24) is 4.98 Å². The zero-order chi connectivity index (χ0) is 19.1. The fourth-order valence-electron chi connectivity index (χ4n) is 2.25. The van der Waals surface area contributed by atoms with Crippen molar-refractivity contribution in [3.63, 3.8) is 0 Å². The minimum atomic E-state index is -0.187. The Morgan fingerprint density at radius 3 is 2.15 bits per heavy atom. The van der Waals surface area contributed by atoms with E-state index in [1.54, 1.807) is 28.8 Å². The number of benzene rings is 1. The van der Waals surface area contributed by atoms with E-state index in [-0.39, 0.29) is 5.78 Å². The summed E-state index contributed by atoms with van der Waals surface area (Å²) in [5.41, 5.74) is 0.838. The molecule has 0 N–H and O–H groups in total. The maximum Gasteiger partial charge on any atom is 0.212 e. The molecule has 2 aromatic heterocycles. The first-order chi connectivity index (χ1) is 12.7. The van der Waals surface area contributed by atoms with Crippen molar-refractivity contribution in [2.75, 3.05) is 21.3 Å². The molecule has 1 aromatic carbocycles. The quantitative estimate of drug-likeness (QED) is 0.544. The Balaban J connectivity index is 0.00000117. The van der Waals surface area contributed by atoms with Crippen LogP contribution in [0.1, 0.15) is 29.9 Å². The molecule has 0 bridgehead atoms. The molecule has 0 amide bonds. The Morgan fingerprint density at radius 1 is 1.00 bits per heavy atom. The summed E-state index contributed by atoms with van der Waals surface area (Å²) in [5.74, 6) is 1.14. The highest BCUT2D eigenvalue weighted by Crippen LogP contribution is 2.39. The number of hydrogen-bond acceptors (Lipinski definition) is 7. The van der Waals surface area contributed by atoms with Crippen molar-refractivity contribution in [2.45, 2.75) is 13.8 Å². The van der Waals surface area contributed by atoms with E-state index in [0.717, 1.165) is 9.88 Å². The third-order valence-corrected chi connectivity index (χ3v) is 5.28. The zero-order valence-electron chi connectivity index (χ0n) is 15.4. The maximum atomic E-state index is 12.8. The summed E-state index contributed by atoms with van der Waals surface area (Å²) in [4.78, 5) is 18.3. The van der Waals surface area contributed by atoms with Gasteiger partial charge in [0.15, 0.2) is 11.5 Å². The van der Waals surface area contributed by atoms with Crippen LogP contribution in [0.2, 0.25) is 0 Å². The average Bonchev–Trinajstić information content (AvgIpc) is 3.39. The molecule has 3 aromatic rings. The number of methoxy groups -OCH3 is 3. The van der Waals surface area contributed by atoms with E-state index in [1.807, 2.05) is 31.4 Å². The van der Waals surface area contributed by atoms with Gasteiger partial charge in [-0.3, -0.25) is 4.79 Å². The smallest absolute Gasteiger partial charge is 0.212 e. The van der Waals surface area contributed by atoms with Gasteiger partial charge in [0.1, 0.15) is 10.7 Å². The highest BCUT2D eigenvalue weighted by atomic mass is 32.1. The molecule has 0 unspecified atom stereocenters. The Kier molecular flexibility index (Phi) is 7.17. The van der Waals surface area contributed by atoms with Crippen LogP contribution in [0.25, 0.3) is 9.88 Å². The average molecular weight is 392 g/mol. The molecule has 0 fully saturated rings. The van der Waals surface area contributed by atoms with E-state index in [2.05, 4.69) is 4.98 Å². The third-order valence-electron chi connectivity index (χ3n) is 3.40. The number of hydrogen-bond donors (Lipinski definition) is 0. The number of nitrogens with zero attached hydrogens (tertiary/aromatic N) is 1. The SMILES string of the molecule is CC.COc1cc(C(=O)c2csc(-c3cccs3)n2)cc(OC)c1OC. The normalized spacial score (nSPS) is 9.88. The summed E-state index contributed by atoms with van der Waals surface area (Å²) in [6.07, 6.45) is 0. The number of carbonyl (C=O) groups is 1. The van der Waals surface area contributed by atoms with Crippen LogP contribution < -0.4 is 14.2 Å². The summed E-state index contributed by atoms with van der Waals surface area (Å²) >= 11 is 3.04. The van der Waals surface area contributed by atoms with Crippen molar-refractivity contribution in [2.24, 2.45) is 0 Å². The minimum absolute atomic E-state index is 0.187. The molecule has 0 saturated heterocycles. The Hall–Kier alpha value is -2.38. The third kappa shape index (κ3) is 4.05. The van der Waals surface area contributed by atoms with E-state index in [1.165, 1.54) is 32.7 Å². The molecule has 2 heterocycles. The van der Waals surface area contributed by atoms with Gasteiger partial charge in [-0.2, -0.15) is 0 Å². The predicted octanol–water partition coefficient (Wildman–Crippen LogP) is 5.15. The van der Waals surface area contributed by atoms with Gasteiger partial charge < -0.3 is 14.2 Å². The minimum Gasteiger partial charge on any atom is -0.493 e. The molecular formula is C19H21NO4S2. The van der Waals surface area contributed by atoms with Gasteiger partial charge in [0, 0.05) is 10.9 Å². The fraction of sp³-hybridized carbons (Fsp3) is 0.263. The molecule has 0 aliphatic rings. The summed E-state index contributed by atoms with van der Waals surface area (Å²) in [6.45, 7) is 4.00. The highest BCUT2D eigenvalue weighted by Gasteiger charge is 2.20. The lowest BCUT2D eigenvalue weighted by molar-refractivity contribution is 0.103. The Bertz CT molecular complexity index is 831. The standard InChI is InChI=1S/C17H15NO4S2.C2H6/c1-20-12-7-10(8-13(21-2)16(12)22-3)15(19)11-9-24-17(18-11)14-5-4-6-23-14;1-2/h4-9H,1-3H3;1-2H3. The van der Waals surface area contributed by atoms with Crippen LogP contribution in [0.15, 0.2) is 35.0 Å². The number of carbonyl (C=O) groups excluding carboxylic acids is 1. The monoisotopic (exact) mass is 391 g/mol. The van der Waals surface area contributed by atoms with Gasteiger partial charge in [-0.25, -0.2) is 4.98 Å². The zero-order valence-corrected chi connectivity index (χ0v) is 17.0. The Labute approximate surface area is 161 Å². The second kappa shape index (κ2) is 9.35. The molecule has 7 heteroatoms. The van der Waals surface area contributed by atoms with E-state index in [4.69, 9.17) is 14.2 Å². The van der Waals surface area contributed by atoms with Crippen LogP contribution >= 0.6 is 22.7 Å². The van der Waals surface area contributed by atoms with Crippen LogP contribution in [0.4, 0.5) is 0 Å². The van der Waals surface area contributed by atoms with E-state index in [9.17, 15) is 4.79 Å². The lowest BCUT2D eigenvalue weighted by Crippen LogP contribution is -2.04. The van der Waals surface area contributed by atoms with Gasteiger partial charge in [0.05, 0.1) is 26.2 Å². The molecule has 0 spiro atoms.